The monoisotopic (exact) mass is 257 g/mol. The molecular weight excluding hydrogens is 242 g/mol. The standard InChI is InChI=1S/C14H15N3O2/c1-10-5-4-8-15-13(10)17-14(18)16-11-6-3-7-12(9-11)19-2/h3-9H,1-2H3,(H2,15,16,17,18). The van der Waals surface area contributed by atoms with Crippen molar-refractivity contribution in [3.63, 3.8) is 0 Å². The van der Waals surface area contributed by atoms with Crippen molar-refractivity contribution in [1.82, 2.24) is 4.98 Å². The van der Waals surface area contributed by atoms with Crippen LogP contribution >= 0.6 is 0 Å². The molecule has 2 amide bonds. The first kappa shape index (κ1) is 12.9. The van der Waals surface area contributed by atoms with Crippen molar-refractivity contribution in [3.8, 4) is 5.75 Å². The average molecular weight is 257 g/mol. The highest BCUT2D eigenvalue weighted by atomic mass is 16.5. The minimum absolute atomic E-state index is 0.338. The molecule has 2 N–H and O–H groups in total. The lowest BCUT2D eigenvalue weighted by atomic mass is 10.3. The number of carbonyl (C=O) groups excluding carboxylic acids is 1. The molecule has 1 aromatic carbocycles. The molecular formula is C14H15N3O2. The number of rotatable bonds is 3. The number of benzene rings is 1. The summed E-state index contributed by atoms with van der Waals surface area (Å²) in [4.78, 5) is 15.9. The van der Waals surface area contributed by atoms with Gasteiger partial charge >= 0.3 is 6.03 Å². The van der Waals surface area contributed by atoms with Gasteiger partial charge in [0.25, 0.3) is 0 Å². The van der Waals surface area contributed by atoms with Crippen molar-refractivity contribution in [2.75, 3.05) is 17.7 Å². The van der Waals surface area contributed by atoms with Gasteiger partial charge in [-0.05, 0) is 30.7 Å². The van der Waals surface area contributed by atoms with Crippen LogP contribution in [0.1, 0.15) is 5.56 Å². The predicted octanol–water partition coefficient (Wildman–Crippen LogP) is 3.04. The van der Waals surface area contributed by atoms with E-state index < -0.39 is 0 Å². The number of aryl methyl sites for hydroxylation is 1. The topological polar surface area (TPSA) is 63.2 Å². The molecule has 0 bridgehead atoms. The number of pyridine rings is 1. The second kappa shape index (κ2) is 5.86. The summed E-state index contributed by atoms with van der Waals surface area (Å²) in [6.45, 7) is 1.88. The zero-order valence-electron chi connectivity index (χ0n) is 10.8. The number of amides is 2. The Morgan fingerprint density at radius 2 is 2.05 bits per heavy atom. The molecule has 0 fully saturated rings. The van der Waals surface area contributed by atoms with Crippen LogP contribution in [0.2, 0.25) is 0 Å². The van der Waals surface area contributed by atoms with Gasteiger partial charge in [-0.15, -0.1) is 0 Å². The SMILES string of the molecule is COc1cccc(NC(=O)Nc2ncccc2C)c1. The van der Waals surface area contributed by atoms with Crippen molar-refractivity contribution in [1.29, 1.82) is 0 Å². The summed E-state index contributed by atoms with van der Waals surface area (Å²) in [7, 11) is 1.58. The lowest BCUT2D eigenvalue weighted by Gasteiger charge is -2.09. The quantitative estimate of drug-likeness (QED) is 0.888. The van der Waals surface area contributed by atoms with Crippen molar-refractivity contribution >= 4 is 17.5 Å². The minimum Gasteiger partial charge on any atom is -0.497 e. The second-order valence-corrected chi connectivity index (χ2v) is 3.98. The van der Waals surface area contributed by atoms with Gasteiger partial charge in [0.1, 0.15) is 11.6 Å². The summed E-state index contributed by atoms with van der Waals surface area (Å²) in [5, 5.41) is 5.42. The Morgan fingerprint density at radius 3 is 2.79 bits per heavy atom. The molecule has 2 aromatic rings. The third-order valence-electron chi connectivity index (χ3n) is 2.57. The van der Waals surface area contributed by atoms with Crippen LogP contribution in [-0.2, 0) is 0 Å². The van der Waals surface area contributed by atoms with E-state index in [9.17, 15) is 4.79 Å². The second-order valence-electron chi connectivity index (χ2n) is 3.98. The summed E-state index contributed by atoms with van der Waals surface area (Å²) < 4.78 is 5.09. The molecule has 0 aliphatic rings. The molecule has 5 nitrogen and oxygen atoms in total. The van der Waals surface area contributed by atoms with Crippen LogP contribution in [0.5, 0.6) is 5.75 Å². The first-order valence-electron chi connectivity index (χ1n) is 5.83. The van der Waals surface area contributed by atoms with E-state index in [0.717, 1.165) is 5.56 Å². The number of urea groups is 1. The number of hydrogen-bond donors (Lipinski definition) is 2. The molecule has 1 heterocycles. The normalized spacial score (nSPS) is 9.79. The molecule has 0 saturated carbocycles. The Hall–Kier alpha value is -2.56. The van der Waals surface area contributed by atoms with Gasteiger partial charge in [0.15, 0.2) is 0 Å². The van der Waals surface area contributed by atoms with Crippen LogP contribution in [-0.4, -0.2) is 18.1 Å². The Morgan fingerprint density at radius 1 is 1.21 bits per heavy atom. The minimum atomic E-state index is -0.338. The largest absolute Gasteiger partial charge is 0.497 e. The molecule has 0 atom stereocenters. The molecule has 5 heteroatoms. The van der Waals surface area contributed by atoms with Crippen molar-refractivity contribution in [2.45, 2.75) is 6.92 Å². The first-order chi connectivity index (χ1) is 9.19. The van der Waals surface area contributed by atoms with Crippen LogP contribution in [0.25, 0.3) is 0 Å². The van der Waals surface area contributed by atoms with Crippen LogP contribution in [0.3, 0.4) is 0 Å². The zero-order chi connectivity index (χ0) is 13.7. The van der Waals surface area contributed by atoms with Gasteiger partial charge in [-0.1, -0.05) is 12.1 Å². The molecule has 0 aliphatic heterocycles. The molecule has 2 rings (SSSR count). The molecule has 19 heavy (non-hydrogen) atoms. The van der Waals surface area contributed by atoms with E-state index in [-0.39, 0.29) is 6.03 Å². The van der Waals surface area contributed by atoms with Crippen LogP contribution in [0.4, 0.5) is 16.3 Å². The molecule has 0 radical (unpaired) electrons. The first-order valence-corrected chi connectivity index (χ1v) is 5.83. The van der Waals surface area contributed by atoms with E-state index in [1.54, 1.807) is 31.5 Å². The fraction of sp³-hybridized carbons (Fsp3) is 0.143. The lowest BCUT2D eigenvalue weighted by Crippen LogP contribution is -2.20. The molecule has 1 aromatic heterocycles. The van der Waals surface area contributed by atoms with Crippen LogP contribution in [0.15, 0.2) is 42.6 Å². The van der Waals surface area contributed by atoms with E-state index in [0.29, 0.717) is 17.3 Å². The highest BCUT2D eigenvalue weighted by Gasteiger charge is 2.05. The number of anilines is 2. The average Bonchev–Trinajstić information content (AvgIpc) is 2.41. The van der Waals surface area contributed by atoms with Gasteiger partial charge in [0.2, 0.25) is 0 Å². The van der Waals surface area contributed by atoms with Crippen LogP contribution in [0, 0.1) is 6.92 Å². The maximum absolute atomic E-state index is 11.8. The predicted molar refractivity (Wildman–Crippen MR) is 74.6 cm³/mol. The summed E-state index contributed by atoms with van der Waals surface area (Å²) in [5.74, 6) is 1.23. The van der Waals surface area contributed by atoms with E-state index in [4.69, 9.17) is 4.74 Å². The number of carbonyl (C=O) groups is 1. The number of hydrogen-bond acceptors (Lipinski definition) is 3. The molecule has 0 aliphatic carbocycles. The fourth-order valence-electron chi connectivity index (χ4n) is 1.59. The highest BCUT2D eigenvalue weighted by Crippen LogP contribution is 2.17. The van der Waals surface area contributed by atoms with Crippen molar-refractivity contribution in [3.05, 3.63) is 48.2 Å². The number of ether oxygens (including phenoxy) is 1. The summed E-state index contributed by atoms with van der Waals surface area (Å²) in [5.41, 5.74) is 1.56. The van der Waals surface area contributed by atoms with Gasteiger partial charge in [-0.25, -0.2) is 9.78 Å². The van der Waals surface area contributed by atoms with E-state index in [1.165, 1.54) is 0 Å². The third-order valence-corrected chi connectivity index (χ3v) is 2.57. The van der Waals surface area contributed by atoms with Gasteiger partial charge in [-0.3, -0.25) is 5.32 Å². The Bertz CT molecular complexity index is 584. The number of nitrogens with zero attached hydrogens (tertiary/aromatic N) is 1. The van der Waals surface area contributed by atoms with Crippen molar-refractivity contribution < 1.29 is 9.53 Å². The van der Waals surface area contributed by atoms with Crippen molar-refractivity contribution in [2.24, 2.45) is 0 Å². The Balaban J connectivity index is 2.03. The summed E-state index contributed by atoms with van der Waals surface area (Å²) >= 11 is 0. The molecule has 98 valence electrons. The highest BCUT2D eigenvalue weighted by molar-refractivity contribution is 5.99. The van der Waals surface area contributed by atoms with E-state index in [1.807, 2.05) is 25.1 Å². The van der Waals surface area contributed by atoms with E-state index >= 15 is 0 Å². The maximum atomic E-state index is 11.8. The van der Waals surface area contributed by atoms with Gasteiger partial charge in [0.05, 0.1) is 7.11 Å². The maximum Gasteiger partial charge on any atom is 0.324 e. The lowest BCUT2D eigenvalue weighted by molar-refractivity contribution is 0.262. The number of aromatic nitrogens is 1. The van der Waals surface area contributed by atoms with Gasteiger partial charge < -0.3 is 10.1 Å². The molecule has 0 unspecified atom stereocenters. The Kier molecular flexibility index (Phi) is 3.97. The number of methoxy groups -OCH3 is 1. The number of nitrogens with one attached hydrogen (secondary N) is 2. The fourth-order valence-corrected chi connectivity index (χ4v) is 1.59. The van der Waals surface area contributed by atoms with E-state index in [2.05, 4.69) is 15.6 Å². The third kappa shape index (κ3) is 3.45. The van der Waals surface area contributed by atoms with Crippen LogP contribution < -0.4 is 15.4 Å². The molecule has 0 saturated heterocycles. The molecule has 0 spiro atoms. The van der Waals surface area contributed by atoms with Gasteiger partial charge in [-0.2, -0.15) is 0 Å². The summed E-state index contributed by atoms with van der Waals surface area (Å²) in [6, 6.07) is 10.5. The Labute approximate surface area is 111 Å². The van der Waals surface area contributed by atoms with Gasteiger partial charge in [0, 0.05) is 18.0 Å². The summed E-state index contributed by atoms with van der Waals surface area (Å²) in [6.07, 6.45) is 1.63. The zero-order valence-corrected chi connectivity index (χ0v) is 10.8. The smallest absolute Gasteiger partial charge is 0.324 e.